The zero-order valence-electron chi connectivity index (χ0n) is 3.74. The van der Waals surface area contributed by atoms with E-state index in [4.69, 9.17) is 4.43 Å². The molecular weight excluding hydrogens is 110 g/mol. The maximum absolute atomic E-state index is 5.21. The van der Waals surface area contributed by atoms with Gasteiger partial charge in [-0.05, 0) is 0 Å². The quantitative estimate of drug-likeness (QED) is 0.362. The SMILES string of the molecule is C1CO[SiH2][SiH2]N1. The van der Waals surface area contributed by atoms with E-state index < -0.39 is 0 Å². The summed E-state index contributed by atoms with van der Waals surface area (Å²) in [7, 11) is 0.211. The molecule has 0 aliphatic carbocycles. The summed E-state index contributed by atoms with van der Waals surface area (Å²) in [6, 6.07) is 0. The fourth-order valence-electron chi connectivity index (χ4n) is 0.516. The van der Waals surface area contributed by atoms with Crippen LogP contribution in [0.3, 0.4) is 0 Å². The van der Waals surface area contributed by atoms with Gasteiger partial charge >= 0.3 is 0 Å². The van der Waals surface area contributed by atoms with Crippen LogP contribution in [0.15, 0.2) is 0 Å². The first kappa shape index (κ1) is 4.51. The molecule has 4 heteroatoms. The predicted molar refractivity (Wildman–Crippen MR) is 31.0 cm³/mol. The summed E-state index contributed by atoms with van der Waals surface area (Å²) in [5.74, 6) is 0. The lowest BCUT2D eigenvalue weighted by Crippen LogP contribution is -2.36. The topological polar surface area (TPSA) is 21.3 Å². The molecule has 1 aliphatic rings. The van der Waals surface area contributed by atoms with Gasteiger partial charge in [-0.15, -0.1) is 0 Å². The minimum Gasteiger partial charge on any atom is -0.425 e. The second-order valence-electron chi connectivity index (χ2n) is 1.36. The lowest BCUT2D eigenvalue weighted by atomic mass is 10.8. The fraction of sp³-hybridized carbons (Fsp3) is 1.00. The minimum atomic E-state index is 0.0363. The smallest absolute Gasteiger partial charge is 0.160 e. The zero-order chi connectivity index (χ0) is 4.24. The fourth-order valence-corrected chi connectivity index (χ4v) is 3.78. The number of nitrogens with one attached hydrogen (secondary N) is 1. The van der Waals surface area contributed by atoms with Gasteiger partial charge in [0.15, 0.2) is 9.28 Å². The Hall–Kier alpha value is 0.354. The zero-order valence-corrected chi connectivity index (χ0v) is 6.57. The highest BCUT2D eigenvalue weighted by atomic mass is 29.2. The highest BCUT2D eigenvalue weighted by Crippen LogP contribution is 1.71. The van der Waals surface area contributed by atoms with Crippen LogP contribution in [-0.4, -0.2) is 31.6 Å². The molecule has 0 aromatic rings. The molecule has 0 radical (unpaired) electrons. The molecule has 0 spiro atoms. The van der Waals surface area contributed by atoms with E-state index in [1.807, 2.05) is 0 Å². The standard InChI is InChI=1S/C2H9NOSi2/c1-2-4-6-5-3-1/h3H,1-2,5-6H2. The van der Waals surface area contributed by atoms with Crippen molar-refractivity contribution in [3.05, 3.63) is 0 Å². The van der Waals surface area contributed by atoms with Crippen molar-refractivity contribution in [2.45, 2.75) is 0 Å². The largest absolute Gasteiger partial charge is 0.425 e. The molecule has 0 unspecified atom stereocenters. The molecule has 0 saturated carbocycles. The van der Waals surface area contributed by atoms with E-state index >= 15 is 0 Å². The Bertz CT molecular complexity index is 27.0. The molecule has 6 heavy (non-hydrogen) atoms. The van der Waals surface area contributed by atoms with Crippen LogP contribution in [0, 0.1) is 0 Å². The van der Waals surface area contributed by atoms with E-state index in [9.17, 15) is 0 Å². The second kappa shape index (κ2) is 2.51. The van der Waals surface area contributed by atoms with Gasteiger partial charge in [-0.1, -0.05) is 0 Å². The summed E-state index contributed by atoms with van der Waals surface area (Å²) in [6.07, 6.45) is 0. The van der Waals surface area contributed by atoms with Crippen molar-refractivity contribution in [3.8, 4) is 0 Å². The van der Waals surface area contributed by atoms with Gasteiger partial charge in [-0.3, -0.25) is 0 Å². The number of rotatable bonds is 0. The van der Waals surface area contributed by atoms with Crippen molar-refractivity contribution >= 4 is 18.5 Å². The lowest BCUT2D eigenvalue weighted by Gasteiger charge is -2.09. The van der Waals surface area contributed by atoms with E-state index in [1.165, 1.54) is 0 Å². The minimum absolute atomic E-state index is 0.0363. The average molecular weight is 119 g/mol. The molecule has 1 heterocycles. The summed E-state index contributed by atoms with van der Waals surface area (Å²) in [5, 5.41) is 0. The van der Waals surface area contributed by atoms with E-state index in [-0.39, 0.29) is 18.5 Å². The molecule has 0 bridgehead atoms. The molecule has 1 saturated heterocycles. The Labute approximate surface area is 41.9 Å². The molecule has 0 aromatic heterocycles. The first-order valence-corrected chi connectivity index (χ1v) is 7.57. The van der Waals surface area contributed by atoms with Crippen LogP contribution < -0.4 is 4.98 Å². The number of hydrogen-bond donors (Lipinski definition) is 1. The van der Waals surface area contributed by atoms with Gasteiger partial charge in [0.05, 0.1) is 0 Å². The van der Waals surface area contributed by atoms with E-state index in [0.29, 0.717) is 0 Å². The molecule has 0 aromatic carbocycles. The summed E-state index contributed by atoms with van der Waals surface area (Å²) < 4.78 is 5.21. The summed E-state index contributed by atoms with van der Waals surface area (Å²) in [5.41, 5.74) is 0. The third-order valence-electron chi connectivity index (χ3n) is 0.846. The predicted octanol–water partition coefficient (Wildman–Crippen LogP) is -2.31. The molecule has 0 atom stereocenters. The molecule has 1 N–H and O–H groups in total. The van der Waals surface area contributed by atoms with Gasteiger partial charge in [0.1, 0.15) is 9.20 Å². The molecule has 36 valence electrons. The van der Waals surface area contributed by atoms with Crippen molar-refractivity contribution < 1.29 is 4.43 Å². The van der Waals surface area contributed by atoms with Gasteiger partial charge < -0.3 is 9.41 Å². The van der Waals surface area contributed by atoms with E-state index in [0.717, 1.165) is 13.2 Å². The second-order valence-corrected chi connectivity index (χ2v) is 5.90. The average Bonchev–Trinajstić information content (AvgIpc) is 1.72. The van der Waals surface area contributed by atoms with Crippen LogP contribution >= 0.6 is 0 Å². The molecular formula is C2H9NOSi2. The Morgan fingerprint density at radius 2 is 2.67 bits per heavy atom. The van der Waals surface area contributed by atoms with Crippen LogP contribution in [0.2, 0.25) is 0 Å². The van der Waals surface area contributed by atoms with Crippen LogP contribution in [0.1, 0.15) is 0 Å². The first-order chi connectivity index (χ1) is 3.00. The van der Waals surface area contributed by atoms with Gasteiger partial charge in [0, 0.05) is 13.2 Å². The Morgan fingerprint density at radius 1 is 1.67 bits per heavy atom. The number of hydrogen-bond acceptors (Lipinski definition) is 2. The van der Waals surface area contributed by atoms with E-state index in [1.54, 1.807) is 0 Å². The Balaban J connectivity index is 2.00. The van der Waals surface area contributed by atoms with Crippen LogP contribution in [0.5, 0.6) is 0 Å². The van der Waals surface area contributed by atoms with Crippen molar-refractivity contribution in [1.29, 1.82) is 0 Å². The molecule has 0 amide bonds. The van der Waals surface area contributed by atoms with Crippen LogP contribution in [0.4, 0.5) is 0 Å². The molecule has 1 aliphatic heterocycles. The van der Waals surface area contributed by atoms with Crippen molar-refractivity contribution in [2.75, 3.05) is 13.2 Å². The monoisotopic (exact) mass is 119 g/mol. The van der Waals surface area contributed by atoms with Crippen molar-refractivity contribution in [2.24, 2.45) is 0 Å². The van der Waals surface area contributed by atoms with Crippen LogP contribution in [0.25, 0.3) is 0 Å². The van der Waals surface area contributed by atoms with Crippen molar-refractivity contribution in [3.63, 3.8) is 0 Å². The Kier molecular flexibility index (Phi) is 1.89. The first-order valence-electron chi connectivity index (χ1n) is 2.28. The highest BCUT2D eigenvalue weighted by molar-refractivity contribution is 6.96. The summed E-state index contributed by atoms with van der Waals surface area (Å²) >= 11 is 0. The summed E-state index contributed by atoms with van der Waals surface area (Å²) in [4.78, 5) is 3.36. The lowest BCUT2D eigenvalue weighted by molar-refractivity contribution is 0.342. The molecule has 1 rings (SSSR count). The normalized spacial score (nSPS) is 32.0. The maximum Gasteiger partial charge on any atom is 0.160 e. The molecule has 1 fully saturated rings. The van der Waals surface area contributed by atoms with Gasteiger partial charge in [0.25, 0.3) is 0 Å². The van der Waals surface area contributed by atoms with Gasteiger partial charge in [0.2, 0.25) is 0 Å². The Morgan fingerprint density at radius 3 is 2.83 bits per heavy atom. The maximum atomic E-state index is 5.21. The van der Waals surface area contributed by atoms with E-state index in [2.05, 4.69) is 4.98 Å². The third-order valence-corrected chi connectivity index (χ3v) is 4.87. The van der Waals surface area contributed by atoms with Gasteiger partial charge in [-0.25, -0.2) is 0 Å². The van der Waals surface area contributed by atoms with Gasteiger partial charge in [-0.2, -0.15) is 0 Å². The van der Waals surface area contributed by atoms with Crippen LogP contribution in [-0.2, 0) is 4.43 Å². The molecule has 2 nitrogen and oxygen atoms in total. The third kappa shape index (κ3) is 1.21. The van der Waals surface area contributed by atoms with Crippen molar-refractivity contribution in [1.82, 2.24) is 4.98 Å². The summed E-state index contributed by atoms with van der Waals surface area (Å²) in [6.45, 7) is 2.11. The highest BCUT2D eigenvalue weighted by Gasteiger charge is 1.95.